The van der Waals surface area contributed by atoms with Crippen LogP contribution >= 0.6 is 0 Å². The van der Waals surface area contributed by atoms with Crippen LogP contribution < -0.4 is 21.3 Å². The molecule has 7 aliphatic rings. The van der Waals surface area contributed by atoms with Crippen LogP contribution in [0.3, 0.4) is 0 Å². The third kappa shape index (κ3) is 8.53. The van der Waals surface area contributed by atoms with Gasteiger partial charge in [0.05, 0.1) is 10.5 Å². The molecule has 3 aromatic carbocycles. The summed E-state index contributed by atoms with van der Waals surface area (Å²) in [4.78, 5) is 0. The third-order valence-electron chi connectivity index (χ3n) is 16.9. The summed E-state index contributed by atoms with van der Waals surface area (Å²) >= 11 is 0. The Bertz CT molecular complexity index is 2720. The number of sulfonamides is 2. The minimum absolute atomic E-state index is 0.0734. The van der Waals surface area contributed by atoms with E-state index in [0.717, 1.165) is 8.61 Å². The van der Waals surface area contributed by atoms with Crippen LogP contribution in [0.1, 0.15) is 111 Å². The van der Waals surface area contributed by atoms with Gasteiger partial charge in [0.15, 0.2) is 69.8 Å². The van der Waals surface area contributed by atoms with E-state index in [9.17, 15) is 13.2 Å². The van der Waals surface area contributed by atoms with E-state index in [2.05, 4.69) is 21.3 Å². The highest BCUT2D eigenvalue weighted by molar-refractivity contribution is 7.90. The number of nitrogens with zero attached hydrogens (tertiary/aromatic N) is 2. The number of hydrogen-bond donors (Lipinski definition) is 4. The molecule has 12 atom stereocenters. The first-order valence-corrected chi connectivity index (χ1v) is 27.6. The highest BCUT2D eigenvalue weighted by atomic mass is 32.2. The molecule has 7 aliphatic heterocycles. The van der Waals surface area contributed by atoms with E-state index in [4.69, 9.17) is 0 Å². The number of rotatable bonds is 7. The zero-order valence-electron chi connectivity index (χ0n) is 38.8. The van der Waals surface area contributed by atoms with Crippen LogP contribution in [-0.4, -0.2) is 110 Å². The van der Waals surface area contributed by atoms with Crippen LogP contribution in [0.4, 0.5) is 65.9 Å². The molecule has 0 spiro atoms. The lowest BCUT2D eigenvalue weighted by atomic mass is 9.82. The van der Waals surface area contributed by atoms with Crippen molar-refractivity contribution in [3.05, 3.63) is 104 Å². The molecule has 408 valence electrons. The fourth-order valence-corrected chi connectivity index (χ4v) is 18.0. The Morgan fingerprint density at radius 2 is 0.554 bits per heavy atom. The molecule has 3 aromatic rings. The topological polar surface area (TPSA) is 123 Å². The van der Waals surface area contributed by atoms with Crippen molar-refractivity contribution in [1.29, 1.82) is 0 Å². The number of fused-ring (bicyclic) bond motifs is 9. The minimum atomic E-state index is -4.73. The first-order valence-electron chi connectivity index (χ1n) is 24.5. The smallest absolute Gasteiger partial charge is 0.218 e. The van der Waals surface area contributed by atoms with Gasteiger partial charge >= 0.3 is 0 Å². The lowest BCUT2D eigenvalue weighted by molar-refractivity contribution is 0.290. The van der Waals surface area contributed by atoms with Crippen LogP contribution in [0.2, 0.25) is 0 Å². The van der Waals surface area contributed by atoms with Gasteiger partial charge in [-0.05, 0) is 64.2 Å². The average Bonchev–Trinajstić information content (AvgIpc) is 4.25. The van der Waals surface area contributed by atoms with Gasteiger partial charge in [-0.3, -0.25) is 0 Å². The molecule has 0 aliphatic carbocycles. The SMILES string of the molecule is O=S(=O)(C1CC2NC1C(c1c(F)c(F)c(F)c(F)c1F)C1CCC(N1)C(c1c(F)c(F)c(F)c(F)c1F)C1CCC(N1)C(c1c(F)c(F)c(F)c(F)c1F)C1NC2CC1S(=O)(=O)N1CCCCC1)N1CCCCC1. The molecule has 4 N–H and O–H groups in total. The maximum atomic E-state index is 16.5. The highest BCUT2D eigenvalue weighted by Gasteiger charge is 2.60. The summed E-state index contributed by atoms with van der Waals surface area (Å²) in [6, 6.07) is -13.1. The Kier molecular flexibility index (Phi) is 14.5. The predicted molar refractivity (Wildman–Crippen MR) is 234 cm³/mol. The molecular weight excluding hydrogens is 1060 g/mol. The second-order valence-electron chi connectivity index (χ2n) is 20.6. The van der Waals surface area contributed by atoms with Gasteiger partial charge in [-0.25, -0.2) is 91.3 Å². The lowest BCUT2D eigenvalue weighted by Crippen LogP contribution is -2.54. The monoisotopic (exact) mass is 1110 g/mol. The molecular formula is C47H49F15N6O4S2. The number of hydrogen-bond acceptors (Lipinski definition) is 8. The van der Waals surface area contributed by atoms with Gasteiger partial charge in [-0.2, -0.15) is 0 Å². The molecule has 0 aromatic heterocycles. The van der Waals surface area contributed by atoms with Gasteiger partial charge in [0.25, 0.3) is 0 Å². The molecule has 0 amide bonds. The second-order valence-corrected chi connectivity index (χ2v) is 24.9. The third-order valence-corrected chi connectivity index (χ3v) is 21.5. The van der Waals surface area contributed by atoms with E-state index >= 15 is 69.5 Å². The van der Waals surface area contributed by atoms with Crippen LogP contribution in [0.5, 0.6) is 0 Å². The highest BCUT2D eigenvalue weighted by Crippen LogP contribution is 2.50. The molecule has 10 nitrogen and oxygen atoms in total. The van der Waals surface area contributed by atoms with E-state index < -0.39 is 239 Å². The number of nitrogens with one attached hydrogen (secondary N) is 4. The molecule has 8 bridgehead atoms. The quantitative estimate of drug-likeness (QED) is 0.109. The summed E-state index contributed by atoms with van der Waals surface area (Å²) < 4.78 is 298. The molecule has 74 heavy (non-hydrogen) atoms. The van der Waals surface area contributed by atoms with Gasteiger partial charge in [-0.1, -0.05) is 12.8 Å². The standard InChI is InChI=1S/C47H49F15N6O4S2/c48-31-28(32(49)38(55)43(60)37(31)54)25-17-7-9-19(63-17)26(29-33(50)39(56)44(61)40(57)34(29)51)46-23(73(69,70)67-11-3-1-4-12-67)15-21(65-46)22-16-24(74(71,72)68-13-5-2-6-14-68)47(66-22)27(20-10-8-18(25)64-20)30-35(52)41(58)45(62)42(59)36(30)53/h17-27,46-47,63-66H,1-16H2. The molecule has 0 saturated carbocycles. The number of piperidine rings is 2. The predicted octanol–water partition coefficient (Wildman–Crippen LogP) is 7.51. The van der Waals surface area contributed by atoms with Crippen molar-refractivity contribution in [2.75, 3.05) is 26.2 Å². The fourth-order valence-electron chi connectivity index (χ4n) is 13.5. The first-order chi connectivity index (χ1) is 35.0. The van der Waals surface area contributed by atoms with E-state index in [1.807, 2.05) is 0 Å². The van der Waals surface area contributed by atoms with Crippen molar-refractivity contribution in [1.82, 2.24) is 29.9 Å². The Hall–Kier alpha value is -3.73. The van der Waals surface area contributed by atoms with Gasteiger partial charge in [0.1, 0.15) is 0 Å². The summed E-state index contributed by atoms with van der Waals surface area (Å²) in [7, 11) is -9.46. The largest absolute Gasteiger partial charge is 0.310 e. The molecule has 10 rings (SSSR count). The van der Waals surface area contributed by atoms with Crippen molar-refractivity contribution in [2.45, 2.75) is 154 Å². The van der Waals surface area contributed by atoms with Crippen molar-refractivity contribution in [3.8, 4) is 0 Å². The summed E-state index contributed by atoms with van der Waals surface area (Å²) in [5, 5.41) is 8.04. The molecule has 7 fully saturated rings. The van der Waals surface area contributed by atoms with E-state index in [1.165, 1.54) is 0 Å². The second kappa shape index (κ2) is 19.9. The van der Waals surface area contributed by atoms with Crippen LogP contribution in [0.15, 0.2) is 0 Å². The molecule has 7 heterocycles. The molecule has 27 heteroatoms. The number of halogens is 15. The normalized spacial score (nSPS) is 33.3. The lowest BCUT2D eigenvalue weighted by Gasteiger charge is -2.38. The minimum Gasteiger partial charge on any atom is -0.310 e. The van der Waals surface area contributed by atoms with Crippen molar-refractivity contribution in [3.63, 3.8) is 0 Å². The Morgan fingerprint density at radius 1 is 0.311 bits per heavy atom. The zero-order chi connectivity index (χ0) is 53.2. The zero-order valence-corrected chi connectivity index (χ0v) is 40.5. The van der Waals surface area contributed by atoms with Gasteiger partial charge in [0.2, 0.25) is 37.5 Å². The first kappa shape index (κ1) is 53.7. The van der Waals surface area contributed by atoms with E-state index in [1.54, 1.807) is 0 Å². The maximum Gasteiger partial charge on any atom is 0.218 e. The maximum absolute atomic E-state index is 16.5. The molecule has 0 radical (unpaired) electrons. The fraction of sp³-hybridized carbons (Fsp3) is 0.617. The number of benzene rings is 3. The Labute approximate surface area is 415 Å². The van der Waals surface area contributed by atoms with Crippen LogP contribution in [0.25, 0.3) is 0 Å². The Balaban J connectivity index is 1.23. The van der Waals surface area contributed by atoms with Gasteiger partial charge < -0.3 is 21.3 Å². The summed E-state index contributed by atoms with van der Waals surface area (Å²) in [6.07, 6.45) is -0.457. The van der Waals surface area contributed by atoms with E-state index in [0.29, 0.717) is 38.5 Å². The van der Waals surface area contributed by atoms with Crippen LogP contribution in [0, 0.1) is 87.3 Å². The summed E-state index contributed by atoms with van der Waals surface area (Å²) in [5.41, 5.74) is -4.56. The summed E-state index contributed by atoms with van der Waals surface area (Å²) in [6.45, 7) is -0.293. The van der Waals surface area contributed by atoms with Crippen molar-refractivity contribution >= 4 is 20.0 Å². The van der Waals surface area contributed by atoms with Gasteiger partial charge in [-0.15, -0.1) is 0 Å². The Morgan fingerprint density at radius 3 is 0.838 bits per heavy atom. The summed E-state index contributed by atoms with van der Waals surface area (Å²) in [5.74, 6) is -43.0. The van der Waals surface area contributed by atoms with Gasteiger partial charge in [0, 0.05) is 109 Å². The van der Waals surface area contributed by atoms with E-state index in [-0.39, 0.29) is 26.2 Å². The molecule has 7 saturated heterocycles. The van der Waals surface area contributed by atoms with Crippen molar-refractivity contribution < 1.29 is 82.7 Å². The average molecular weight is 1110 g/mol. The molecule has 12 unspecified atom stereocenters. The van der Waals surface area contributed by atoms with Crippen molar-refractivity contribution in [2.24, 2.45) is 0 Å². The van der Waals surface area contributed by atoms with Crippen LogP contribution in [-0.2, 0) is 20.0 Å².